The minimum atomic E-state index is -0.268. The van der Waals surface area contributed by atoms with Gasteiger partial charge in [0, 0.05) is 17.1 Å². The molecule has 128 valence electrons. The van der Waals surface area contributed by atoms with Crippen LogP contribution in [0.3, 0.4) is 0 Å². The molecule has 1 aliphatic heterocycles. The molecule has 0 N–H and O–H groups in total. The number of rotatable bonds is 4. The number of halogens is 1. The number of carbonyl (C=O) groups excluding carboxylic acids is 2. The molecule has 0 radical (unpaired) electrons. The van der Waals surface area contributed by atoms with Crippen LogP contribution in [-0.2, 0) is 16.0 Å². The number of hydrogen-bond donors (Lipinski definition) is 0. The van der Waals surface area contributed by atoms with E-state index in [0.717, 1.165) is 15.6 Å². The van der Waals surface area contributed by atoms with Gasteiger partial charge in [0.2, 0.25) is 5.91 Å². The Hall–Kier alpha value is -2.40. The average molecular weight is 400 g/mol. The smallest absolute Gasteiger partial charge is 0.231 e. The Kier molecular flexibility index (Phi) is 5.34. The van der Waals surface area contributed by atoms with E-state index in [-0.39, 0.29) is 24.2 Å². The molecule has 2 aromatic rings. The van der Waals surface area contributed by atoms with Gasteiger partial charge >= 0.3 is 0 Å². The maximum atomic E-state index is 12.9. The Bertz CT molecular complexity index is 817. The number of amides is 1. The summed E-state index contributed by atoms with van der Waals surface area (Å²) in [5.41, 5.74) is 1.81. The van der Waals surface area contributed by atoms with Gasteiger partial charge < -0.3 is 9.64 Å². The van der Waals surface area contributed by atoms with Crippen LogP contribution in [0.4, 0.5) is 0 Å². The van der Waals surface area contributed by atoms with Crippen LogP contribution in [0.1, 0.15) is 23.6 Å². The van der Waals surface area contributed by atoms with Gasteiger partial charge in [0.25, 0.3) is 0 Å². The van der Waals surface area contributed by atoms with E-state index in [4.69, 9.17) is 4.74 Å². The minimum Gasteiger partial charge on any atom is -0.497 e. The van der Waals surface area contributed by atoms with Crippen molar-refractivity contribution in [1.29, 1.82) is 0 Å². The molecule has 0 saturated carbocycles. The van der Waals surface area contributed by atoms with Crippen molar-refractivity contribution >= 4 is 27.6 Å². The lowest BCUT2D eigenvalue weighted by atomic mass is 9.96. The van der Waals surface area contributed by atoms with Gasteiger partial charge in [-0.1, -0.05) is 46.3 Å². The lowest BCUT2D eigenvalue weighted by Crippen LogP contribution is -2.35. The number of benzene rings is 2. The Balaban J connectivity index is 1.86. The summed E-state index contributed by atoms with van der Waals surface area (Å²) >= 11 is 3.48. The molecule has 0 saturated heterocycles. The van der Waals surface area contributed by atoms with Gasteiger partial charge in [-0.25, -0.2) is 0 Å². The lowest BCUT2D eigenvalue weighted by molar-refractivity contribution is -0.131. The van der Waals surface area contributed by atoms with Crippen molar-refractivity contribution in [2.45, 2.75) is 18.9 Å². The zero-order chi connectivity index (χ0) is 17.8. The number of ketones is 1. The van der Waals surface area contributed by atoms with Gasteiger partial charge in [-0.15, -0.1) is 0 Å². The Morgan fingerprint density at radius 2 is 2.00 bits per heavy atom. The van der Waals surface area contributed by atoms with E-state index < -0.39 is 0 Å². The summed E-state index contributed by atoms with van der Waals surface area (Å²) in [5.74, 6) is 0.669. The number of nitrogens with zero attached hydrogens (tertiary/aromatic N) is 1. The fraction of sp³-hybridized carbons (Fsp3) is 0.200. The SMILES string of the molecule is COc1ccc(Br)c(CC(=O)N2C=CC(=O)CC2c2ccccc2)c1. The second kappa shape index (κ2) is 7.66. The molecule has 3 rings (SSSR count). The van der Waals surface area contributed by atoms with Crippen LogP contribution in [0.5, 0.6) is 5.75 Å². The summed E-state index contributed by atoms with van der Waals surface area (Å²) in [6.07, 6.45) is 3.59. The molecule has 1 unspecified atom stereocenters. The zero-order valence-corrected chi connectivity index (χ0v) is 15.4. The van der Waals surface area contributed by atoms with Crippen LogP contribution in [0.25, 0.3) is 0 Å². The molecule has 1 aliphatic rings. The average Bonchev–Trinajstić information content (AvgIpc) is 2.64. The van der Waals surface area contributed by atoms with Crippen molar-refractivity contribution in [3.8, 4) is 5.75 Å². The first-order valence-corrected chi connectivity index (χ1v) is 8.77. The summed E-state index contributed by atoms with van der Waals surface area (Å²) in [6, 6.07) is 14.9. The van der Waals surface area contributed by atoms with Crippen molar-refractivity contribution in [3.63, 3.8) is 0 Å². The van der Waals surface area contributed by atoms with Gasteiger partial charge in [-0.05, 0) is 35.4 Å². The molecule has 1 amide bonds. The maximum Gasteiger partial charge on any atom is 0.231 e. The highest BCUT2D eigenvalue weighted by Crippen LogP contribution is 2.30. The Morgan fingerprint density at radius 3 is 2.72 bits per heavy atom. The second-order valence-corrected chi connectivity index (χ2v) is 6.70. The number of methoxy groups -OCH3 is 1. The molecule has 1 heterocycles. The number of carbonyl (C=O) groups is 2. The van der Waals surface area contributed by atoms with Gasteiger partial charge in [0.1, 0.15) is 5.75 Å². The van der Waals surface area contributed by atoms with Crippen molar-refractivity contribution < 1.29 is 14.3 Å². The monoisotopic (exact) mass is 399 g/mol. The highest BCUT2D eigenvalue weighted by atomic mass is 79.9. The number of ether oxygens (including phenoxy) is 1. The molecule has 0 aliphatic carbocycles. The fourth-order valence-electron chi connectivity index (χ4n) is 2.90. The topological polar surface area (TPSA) is 46.6 Å². The van der Waals surface area contributed by atoms with E-state index in [9.17, 15) is 9.59 Å². The Morgan fingerprint density at radius 1 is 1.24 bits per heavy atom. The van der Waals surface area contributed by atoms with Gasteiger partial charge in [-0.2, -0.15) is 0 Å². The molecule has 4 nitrogen and oxygen atoms in total. The summed E-state index contributed by atoms with van der Waals surface area (Å²) in [4.78, 5) is 26.4. The van der Waals surface area contributed by atoms with Crippen LogP contribution >= 0.6 is 15.9 Å². The van der Waals surface area contributed by atoms with Gasteiger partial charge in [-0.3, -0.25) is 9.59 Å². The lowest BCUT2D eigenvalue weighted by Gasteiger charge is -2.31. The molecule has 1 atom stereocenters. The molecule has 0 fully saturated rings. The second-order valence-electron chi connectivity index (χ2n) is 5.85. The van der Waals surface area contributed by atoms with E-state index in [0.29, 0.717) is 12.2 Å². The Labute approximate surface area is 155 Å². The maximum absolute atomic E-state index is 12.9. The first-order valence-electron chi connectivity index (χ1n) is 7.98. The van der Waals surface area contributed by atoms with Gasteiger partial charge in [0.05, 0.1) is 19.6 Å². The van der Waals surface area contributed by atoms with E-state index in [1.54, 1.807) is 18.2 Å². The predicted molar refractivity (Wildman–Crippen MR) is 99.2 cm³/mol. The van der Waals surface area contributed by atoms with Crippen molar-refractivity contribution in [1.82, 2.24) is 4.90 Å². The first kappa shape index (κ1) is 17.4. The molecule has 2 aromatic carbocycles. The third kappa shape index (κ3) is 3.99. The van der Waals surface area contributed by atoms with E-state index >= 15 is 0 Å². The number of hydrogen-bond acceptors (Lipinski definition) is 3. The van der Waals surface area contributed by atoms with Crippen LogP contribution in [0.2, 0.25) is 0 Å². The largest absolute Gasteiger partial charge is 0.497 e. The molecule has 0 bridgehead atoms. The summed E-state index contributed by atoms with van der Waals surface area (Å²) < 4.78 is 6.09. The van der Waals surface area contributed by atoms with E-state index in [1.165, 1.54) is 6.08 Å². The van der Waals surface area contributed by atoms with E-state index in [1.807, 2.05) is 48.5 Å². The summed E-state index contributed by atoms with van der Waals surface area (Å²) in [5, 5.41) is 0. The predicted octanol–water partition coefficient (Wildman–Crippen LogP) is 4.06. The van der Waals surface area contributed by atoms with Crippen molar-refractivity contribution in [3.05, 3.63) is 76.4 Å². The molecule has 25 heavy (non-hydrogen) atoms. The minimum absolute atomic E-state index is 0.0282. The molecule has 5 heteroatoms. The molecular weight excluding hydrogens is 382 g/mol. The third-order valence-corrected chi connectivity index (χ3v) is 4.99. The summed E-state index contributed by atoms with van der Waals surface area (Å²) in [6.45, 7) is 0. The zero-order valence-electron chi connectivity index (χ0n) is 13.8. The van der Waals surface area contributed by atoms with Crippen LogP contribution in [0.15, 0.2) is 65.3 Å². The molecular formula is C20H18BrNO3. The van der Waals surface area contributed by atoms with Crippen LogP contribution in [-0.4, -0.2) is 23.7 Å². The fourth-order valence-corrected chi connectivity index (χ4v) is 3.29. The number of allylic oxidation sites excluding steroid dienone is 1. The van der Waals surface area contributed by atoms with Crippen LogP contribution < -0.4 is 4.74 Å². The molecule has 0 spiro atoms. The van der Waals surface area contributed by atoms with Gasteiger partial charge in [0.15, 0.2) is 5.78 Å². The highest BCUT2D eigenvalue weighted by Gasteiger charge is 2.28. The standard InChI is InChI=1S/C20H18BrNO3/c1-25-17-7-8-18(21)15(11-17)12-20(24)22-10-9-16(23)13-19(22)14-5-3-2-4-6-14/h2-11,19H,12-13H2,1H3. The highest BCUT2D eigenvalue weighted by molar-refractivity contribution is 9.10. The summed E-state index contributed by atoms with van der Waals surface area (Å²) in [7, 11) is 1.60. The molecule has 0 aromatic heterocycles. The normalized spacial score (nSPS) is 16.8. The third-order valence-electron chi connectivity index (χ3n) is 4.22. The first-order chi connectivity index (χ1) is 12.1. The van der Waals surface area contributed by atoms with E-state index in [2.05, 4.69) is 15.9 Å². The van der Waals surface area contributed by atoms with Crippen LogP contribution in [0, 0.1) is 0 Å². The van der Waals surface area contributed by atoms with Crippen molar-refractivity contribution in [2.24, 2.45) is 0 Å². The van der Waals surface area contributed by atoms with Crippen molar-refractivity contribution in [2.75, 3.05) is 7.11 Å². The quantitative estimate of drug-likeness (QED) is 0.778.